The van der Waals surface area contributed by atoms with Gasteiger partial charge in [0.05, 0.1) is 11.3 Å². The molecule has 0 atom stereocenters. The van der Waals surface area contributed by atoms with Crippen LogP contribution in [0.4, 0.5) is 30.5 Å². The largest absolute Gasteiger partial charge is 0.477 e. The van der Waals surface area contributed by atoms with E-state index in [0.717, 1.165) is 23.1 Å². The number of aromatic nitrogens is 1. The number of carbonyl (C=O) groups excluding carboxylic acids is 2. The van der Waals surface area contributed by atoms with E-state index in [4.69, 9.17) is 4.74 Å². The molecular weight excluding hydrogens is 385 g/mol. The van der Waals surface area contributed by atoms with Crippen LogP contribution in [0.1, 0.15) is 5.56 Å². The van der Waals surface area contributed by atoms with Gasteiger partial charge < -0.3 is 20.2 Å². The molecule has 0 spiro atoms. The lowest BCUT2D eigenvalue weighted by molar-refractivity contribution is -0.389. The van der Waals surface area contributed by atoms with Gasteiger partial charge in [0.15, 0.2) is 12.4 Å². The molecule has 12 heteroatoms. The predicted molar refractivity (Wildman–Crippen MR) is 88.8 cm³/mol. The number of nitrogens with zero attached hydrogens (tertiary/aromatic N) is 3. The first-order chi connectivity index (χ1) is 13.2. The minimum absolute atomic E-state index is 0.0358. The van der Waals surface area contributed by atoms with Crippen molar-refractivity contribution in [3.05, 3.63) is 52.1 Å². The van der Waals surface area contributed by atoms with Crippen LogP contribution in [0.2, 0.25) is 0 Å². The van der Waals surface area contributed by atoms with Gasteiger partial charge in [-0.25, -0.2) is 0 Å². The van der Waals surface area contributed by atoms with E-state index in [1.54, 1.807) is 0 Å². The highest BCUT2D eigenvalue weighted by molar-refractivity contribution is 6.04. The van der Waals surface area contributed by atoms with Crippen LogP contribution in [-0.2, 0) is 15.8 Å². The number of nitrogens with one attached hydrogen (secondary N) is 1. The van der Waals surface area contributed by atoms with E-state index in [0.29, 0.717) is 0 Å². The number of hydrogen-bond acceptors (Lipinski definition) is 6. The summed E-state index contributed by atoms with van der Waals surface area (Å²) in [6.07, 6.45) is -4.69. The zero-order chi connectivity index (χ0) is 20.5. The smallest absolute Gasteiger partial charge is 0.418 e. The van der Waals surface area contributed by atoms with Crippen molar-refractivity contribution in [1.82, 2.24) is 4.98 Å². The van der Waals surface area contributed by atoms with Crippen LogP contribution in [0.25, 0.3) is 0 Å². The molecule has 2 amide bonds. The third kappa shape index (κ3) is 3.84. The van der Waals surface area contributed by atoms with Crippen molar-refractivity contribution in [1.29, 1.82) is 0 Å². The van der Waals surface area contributed by atoms with Crippen LogP contribution >= 0.6 is 0 Å². The first-order valence-electron chi connectivity index (χ1n) is 7.71. The van der Waals surface area contributed by atoms with Crippen LogP contribution in [0.5, 0.6) is 5.75 Å². The van der Waals surface area contributed by atoms with Crippen molar-refractivity contribution in [3.63, 3.8) is 0 Å². The van der Waals surface area contributed by atoms with Crippen molar-refractivity contribution in [3.8, 4) is 5.75 Å². The molecule has 0 aliphatic carbocycles. The summed E-state index contributed by atoms with van der Waals surface area (Å²) in [7, 11) is 0. The Morgan fingerprint density at radius 2 is 2.00 bits per heavy atom. The summed E-state index contributed by atoms with van der Waals surface area (Å²) in [5, 5.41) is 13.0. The molecule has 0 bridgehead atoms. The van der Waals surface area contributed by atoms with Crippen molar-refractivity contribution >= 4 is 29.1 Å². The normalized spacial score (nSPS) is 13.5. The lowest BCUT2D eigenvalue weighted by Crippen LogP contribution is -2.44. The lowest BCUT2D eigenvalue weighted by Gasteiger charge is -2.25. The van der Waals surface area contributed by atoms with Gasteiger partial charge in [-0.2, -0.15) is 13.2 Å². The molecule has 28 heavy (non-hydrogen) atoms. The Kier molecular flexibility index (Phi) is 4.86. The maximum Gasteiger partial charge on any atom is 0.418 e. The number of para-hydroxylation sites is 1. The number of ether oxygens (including phenoxy) is 1. The Balaban J connectivity index is 1.85. The average molecular weight is 396 g/mol. The van der Waals surface area contributed by atoms with Gasteiger partial charge in [0.2, 0.25) is 5.91 Å². The second kappa shape index (κ2) is 7.13. The van der Waals surface area contributed by atoms with E-state index in [9.17, 15) is 32.9 Å². The molecule has 0 saturated heterocycles. The first kappa shape index (κ1) is 19.1. The van der Waals surface area contributed by atoms with Gasteiger partial charge in [0.1, 0.15) is 6.54 Å². The molecule has 1 aromatic heterocycles. The van der Waals surface area contributed by atoms with Crippen molar-refractivity contribution in [2.24, 2.45) is 0 Å². The average Bonchev–Trinajstić information content (AvgIpc) is 2.63. The Morgan fingerprint density at radius 3 is 2.68 bits per heavy atom. The van der Waals surface area contributed by atoms with Crippen LogP contribution in [0, 0.1) is 10.1 Å². The molecule has 146 valence electrons. The molecular formula is C16H11F3N4O5. The molecule has 0 saturated carbocycles. The maximum atomic E-state index is 13.0. The second-order valence-corrected chi connectivity index (χ2v) is 5.61. The fourth-order valence-electron chi connectivity index (χ4n) is 2.50. The lowest BCUT2D eigenvalue weighted by atomic mass is 10.1. The number of carbonyl (C=O) groups is 2. The molecule has 0 fully saturated rings. The summed E-state index contributed by atoms with van der Waals surface area (Å²) >= 11 is 0. The third-order valence-corrected chi connectivity index (χ3v) is 3.73. The summed E-state index contributed by atoms with van der Waals surface area (Å²) in [5.74, 6) is -2.46. The van der Waals surface area contributed by atoms with Gasteiger partial charge in [-0.15, -0.1) is 0 Å². The predicted octanol–water partition coefficient (Wildman–Crippen LogP) is 2.37. The van der Waals surface area contributed by atoms with Gasteiger partial charge in [-0.05, 0) is 28.1 Å². The van der Waals surface area contributed by atoms with Gasteiger partial charge >= 0.3 is 12.0 Å². The highest BCUT2D eigenvalue weighted by Crippen LogP contribution is 2.35. The molecule has 0 radical (unpaired) electrons. The van der Waals surface area contributed by atoms with Crippen LogP contribution in [-0.4, -0.2) is 34.9 Å². The van der Waals surface area contributed by atoms with Crippen LogP contribution in [0.3, 0.4) is 0 Å². The van der Waals surface area contributed by atoms with E-state index in [1.165, 1.54) is 18.2 Å². The summed E-state index contributed by atoms with van der Waals surface area (Å²) < 4.78 is 44.2. The minimum Gasteiger partial charge on any atom is -0.477 e. The number of benzene rings is 1. The van der Waals surface area contributed by atoms with Crippen molar-refractivity contribution in [2.75, 3.05) is 23.4 Å². The third-order valence-electron chi connectivity index (χ3n) is 3.73. The number of fused-ring (bicyclic) bond motifs is 1. The van der Waals surface area contributed by atoms with E-state index in [-0.39, 0.29) is 11.6 Å². The van der Waals surface area contributed by atoms with Crippen molar-refractivity contribution < 1.29 is 32.4 Å². The SMILES string of the molecule is O=C(CN1C(=O)COc2ccc([N+](=O)[O-])nc21)Nc1ccccc1C(F)(F)F. The quantitative estimate of drug-likeness (QED) is 0.627. The Labute approximate surface area is 154 Å². The van der Waals surface area contributed by atoms with E-state index in [1.807, 2.05) is 0 Å². The Morgan fingerprint density at radius 1 is 1.29 bits per heavy atom. The number of amides is 2. The second-order valence-electron chi connectivity index (χ2n) is 5.61. The van der Waals surface area contributed by atoms with Gasteiger partial charge in [0, 0.05) is 6.07 Å². The highest BCUT2D eigenvalue weighted by atomic mass is 19.4. The number of nitro groups is 1. The molecule has 0 unspecified atom stereocenters. The molecule has 2 heterocycles. The number of pyridine rings is 1. The summed E-state index contributed by atoms with van der Waals surface area (Å²) in [4.78, 5) is 38.9. The van der Waals surface area contributed by atoms with Crippen molar-refractivity contribution in [2.45, 2.75) is 6.18 Å². The Hall–Kier alpha value is -3.70. The summed E-state index contributed by atoms with van der Waals surface area (Å²) in [5.41, 5.74) is -1.53. The standard InChI is InChI=1S/C16H11F3N4O5/c17-16(18,19)9-3-1-2-4-10(9)20-13(24)7-22-14(25)8-28-11-5-6-12(23(26)27)21-15(11)22/h1-6H,7-8H2,(H,20,24). The minimum atomic E-state index is -4.69. The van der Waals surface area contributed by atoms with E-state index in [2.05, 4.69) is 10.3 Å². The highest BCUT2D eigenvalue weighted by Gasteiger charge is 2.36. The monoisotopic (exact) mass is 396 g/mol. The molecule has 9 nitrogen and oxygen atoms in total. The van der Waals surface area contributed by atoms with E-state index >= 15 is 0 Å². The van der Waals surface area contributed by atoms with Crippen LogP contribution in [0.15, 0.2) is 36.4 Å². The fraction of sp³-hybridized carbons (Fsp3) is 0.188. The zero-order valence-corrected chi connectivity index (χ0v) is 13.9. The van der Waals surface area contributed by atoms with Gasteiger partial charge in [0.25, 0.3) is 11.7 Å². The number of hydrogen-bond donors (Lipinski definition) is 1. The fourth-order valence-corrected chi connectivity index (χ4v) is 2.50. The number of anilines is 2. The summed E-state index contributed by atoms with van der Waals surface area (Å²) in [6.45, 7) is -1.14. The molecule has 1 aliphatic rings. The molecule has 3 rings (SSSR count). The zero-order valence-electron chi connectivity index (χ0n) is 13.9. The molecule has 2 aromatic rings. The summed E-state index contributed by atoms with van der Waals surface area (Å²) in [6, 6.07) is 6.63. The van der Waals surface area contributed by atoms with E-state index < -0.39 is 53.1 Å². The topological polar surface area (TPSA) is 115 Å². The first-order valence-corrected chi connectivity index (χ1v) is 7.71. The Bertz CT molecular complexity index is 964. The maximum absolute atomic E-state index is 13.0. The number of alkyl halides is 3. The molecule has 1 aromatic carbocycles. The van der Waals surface area contributed by atoms with Gasteiger partial charge in [-0.1, -0.05) is 12.1 Å². The molecule has 1 N–H and O–H groups in total. The molecule has 1 aliphatic heterocycles. The number of halogens is 3. The van der Waals surface area contributed by atoms with Crippen LogP contribution < -0.4 is 15.0 Å². The number of rotatable bonds is 4. The van der Waals surface area contributed by atoms with Gasteiger partial charge in [-0.3, -0.25) is 14.5 Å².